The molecule has 7 heteroatoms. The molecule has 0 spiro atoms. The summed E-state index contributed by atoms with van der Waals surface area (Å²) in [4.78, 5) is 11.8. The van der Waals surface area contributed by atoms with E-state index in [1.54, 1.807) is 13.0 Å². The first-order valence-corrected chi connectivity index (χ1v) is 6.30. The van der Waals surface area contributed by atoms with Crippen LogP contribution in [0.15, 0.2) is 42.5 Å². The highest BCUT2D eigenvalue weighted by Crippen LogP contribution is 2.30. The fourth-order valence-electron chi connectivity index (χ4n) is 1.90. The van der Waals surface area contributed by atoms with Crippen LogP contribution in [0.3, 0.4) is 0 Å². The highest BCUT2D eigenvalue weighted by atomic mass is 19.4. The molecule has 2 aromatic carbocycles. The Bertz CT molecular complexity index is 679. The Morgan fingerprint density at radius 1 is 1.05 bits per heavy atom. The third kappa shape index (κ3) is 4.15. The second kappa shape index (κ2) is 5.97. The molecule has 0 aliphatic heterocycles. The minimum absolute atomic E-state index is 0.0178. The van der Waals surface area contributed by atoms with Crippen molar-refractivity contribution in [3.05, 3.63) is 53.6 Å². The first kappa shape index (κ1) is 15.7. The van der Waals surface area contributed by atoms with Gasteiger partial charge in [-0.1, -0.05) is 6.07 Å². The third-order valence-electron chi connectivity index (χ3n) is 2.77. The zero-order chi connectivity index (χ0) is 16.3. The zero-order valence-electron chi connectivity index (χ0n) is 11.5. The number of carbonyl (C=O) groups excluding carboxylic acids is 1. The molecule has 0 aromatic heterocycles. The van der Waals surface area contributed by atoms with Gasteiger partial charge in [-0.05, 0) is 42.8 Å². The molecular formula is C15H13F3N2O2. The van der Waals surface area contributed by atoms with Crippen molar-refractivity contribution in [2.45, 2.75) is 13.1 Å². The van der Waals surface area contributed by atoms with Gasteiger partial charge in [-0.25, -0.2) is 4.79 Å². The molecule has 22 heavy (non-hydrogen) atoms. The highest BCUT2D eigenvalue weighted by molar-refractivity contribution is 5.99. The van der Waals surface area contributed by atoms with Crippen LogP contribution < -0.4 is 10.6 Å². The molecule has 0 aliphatic rings. The van der Waals surface area contributed by atoms with E-state index in [0.717, 1.165) is 17.7 Å². The summed E-state index contributed by atoms with van der Waals surface area (Å²) in [7, 11) is 0. The Morgan fingerprint density at radius 3 is 2.36 bits per heavy atom. The quantitative estimate of drug-likeness (QED) is 0.771. The number of rotatable bonds is 2. The van der Waals surface area contributed by atoms with Gasteiger partial charge in [0.2, 0.25) is 0 Å². The first-order valence-electron chi connectivity index (χ1n) is 6.30. The standard InChI is InChI=1S/C15H13F3N2O2/c1-9-5-12(8-13(21)6-9)20-14(22)19-11-4-2-3-10(7-11)15(16,17)18/h2-8,21H,1H3,(H2,19,20,22). The molecule has 2 amide bonds. The average Bonchev–Trinajstić information content (AvgIpc) is 2.36. The van der Waals surface area contributed by atoms with E-state index < -0.39 is 17.8 Å². The predicted octanol–water partition coefficient (Wildman–Crippen LogP) is 4.36. The summed E-state index contributed by atoms with van der Waals surface area (Å²) in [5.41, 5.74) is 0.235. The number of aromatic hydroxyl groups is 1. The molecule has 0 aliphatic carbocycles. The normalized spacial score (nSPS) is 11.1. The number of nitrogens with one attached hydrogen (secondary N) is 2. The van der Waals surface area contributed by atoms with E-state index >= 15 is 0 Å². The van der Waals surface area contributed by atoms with Gasteiger partial charge in [0, 0.05) is 17.4 Å². The number of halogens is 3. The van der Waals surface area contributed by atoms with Crippen LogP contribution >= 0.6 is 0 Å². The molecule has 4 nitrogen and oxygen atoms in total. The zero-order valence-corrected chi connectivity index (χ0v) is 11.5. The summed E-state index contributed by atoms with van der Waals surface area (Å²) in [6.07, 6.45) is -4.48. The molecule has 0 saturated heterocycles. The van der Waals surface area contributed by atoms with Crippen LogP contribution in [-0.2, 0) is 6.18 Å². The van der Waals surface area contributed by atoms with Gasteiger partial charge in [0.15, 0.2) is 0 Å². The number of anilines is 2. The van der Waals surface area contributed by atoms with E-state index in [1.165, 1.54) is 24.3 Å². The van der Waals surface area contributed by atoms with Crippen molar-refractivity contribution in [3.63, 3.8) is 0 Å². The van der Waals surface area contributed by atoms with E-state index in [-0.39, 0.29) is 11.4 Å². The number of phenols is 1. The lowest BCUT2D eigenvalue weighted by molar-refractivity contribution is -0.137. The van der Waals surface area contributed by atoms with Crippen molar-refractivity contribution in [3.8, 4) is 5.75 Å². The number of hydrogen-bond acceptors (Lipinski definition) is 2. The predicted molar refractivity (Wildman–Crippen MR) is 76.9 cm³/mol. The summed E-state index contributed by atoms with van der Waals surface area (Å²) in [6.45, 7) is 1.73. The van der Waals surface area contributed by atoms with E-state index in [0.29, 0.717) is 5.69 Å². The Kier molecular flexibility index (Phi) is 4.25. The Balaban J connectivity index is 2.09. The maximum Gasteiger partial charge on any atom is 0.416 e. The smallest absolute Gasteiger partial charge is 0.416 e. The monoisotopic (exact) mass is 310 g/mol. The Morgan fingerprint density at radius 2 is 1.73 bits per heavy atom. The van der Waals surface area contributed by atoms with Crippen molar-refractivity contribution in [1.82, 2.24) is 0 Å². The molecule has 0 heterocycles. The fourth-order valence-corrected chi connectivity index (χ4v) is 1.90. The van der Waals surface area contributed by atoms with Gasteiger partial charge in [0.1, 0.15) is 5.75 Å². The molecule has 3 N–H and O–H groups in total. The number of urea groups is 1. The van der Waals surface area contributed by atoms with E-state index in [1.807, 2.05) is 0 Å². The van der Waals surface area contributed by atoms with Crippen LogP contribution in [0.1, 0.15) is 11.1 Å². The van der Waals surface area contributed by atoms with Gasteiger partial charge in [-0.15, -0.1) is 0 Å². The number of amides is 2. The van der Waals surface area contributed by atoms with Gasteiger partial charge in [0.05, 0.1) is 5.56 Å². The SMILES string of the molecule is Cc1cc(O)cc(NC(=O)Nc2cccc(C(F)(F)F)c2)c1. The second-order valence-electron chi connectivity index (χ2n) is 4.71. The van der Waals surface area contributed by atoms with Crippen molar-refractivity contribution < 1.29 is 23.1 Å². The van der Waals surface area contributed by atoms with Crippen LogP contribution in [0.5, 0.6) is 5.75 Å². The molecule has 0 saturated carbocycles. The third-order valence-corrected chi connectivity index (χ3v) is 2.77. The van der Waals surface area contributed by atoms with Gasteiger partial charge in [0.25, 0.3) is 0 Å². The molecule has 0 radical (unpaired) electrons. The maximum atomic E-state index is 12.6. The van der Waals surface area contributed by atoms with Gasteiger partial charge < -0.3 is 15.7 Å². The van der Waals surface area contributed by atoms with Crippen molar-refractivity contribution in [2.24, 2.45) is 0 Å². The highest BCUT2D eigenvalue weighted by Gasteiger charge is 2.30. The van der Waals surface area contributed by atoms with Crippen molar-refractivity contribution >= 4 is 17.4 Å². The number of hydrogen-bond donors (Lipinski definition) is 3. The van der Waals surface area contributed by atoms with Gasteiger partial charge in [-0.3, -0.25) is 0 Å². The number of aryl methyl sites for hydroxylation is 1. The van der Waals surface area contributed by atoms with Crippen LogP contribution in [0, 0.1) is 6.92 Å². The van der Waals surface area contributed by atoms with E-state index in [2.05, 4.69) is 10.6 Å². The summed E-state index contributed by atoms with van der Waals surface area (Å²) in [5.74, 6) is -0.0191. The number of carbonyl (C=O) groups is 1. The average molecular weight is 310 g/mol. The summed E-state index contributed by atoms with van der Waals surface area (Å²) < 4.78 is 37.8. The van der Waals surface area contributed by atoms with Crippen molar-refractivity contribution in [2.75, 3.05) is 10.6 Å². The first-order chi connectivity index (χ1) is 10.2. The maximum absolute atomic E-state index is 12.6. The lowest BCUT2D eigenvalue weighted by Crippen LogP contribution is -2.19. The number of benzene rings is 2. The van der Waals surface area contributed by atoms with Gasteiger partial charge in [-0.2, -0.15) is 13.2 Å². The Labute approximate surface area is 124 Å². The van der Waals surface area contributed by atoms with Crippen LogP contribution in [0.2, 0.25) is 0 Å². The minimum atomic E-state index is -4.48. The molecule has 0 unspecified atom stereocenters. The summed E-state index contributed by atoms with van der Waals surface area (Å²) in [5, 5.41) is 14.2. The lowest BCUT2D eigenvalue weighted by atomic mass is 10.2. The molecule has 2 aromatic rings. The molecule has 2 rings (SSSR count). The summed E-state index contributed by atoms with van der Waals surface area (Å²) >= 11 is 0. The van der Waals surface area contributed by atoms with Crippen LogP contribution in [-0.4, -0.2) is 11.1 Å². The second-order valence-corrected chi connectivity index (χ2v) is 4.71. The molecule has 116 valence electrons. The van der Waals surface area contributed by atoms with Crippen LogP contribution in [0.4, 0.5) is 29.3 Å². The Hall–Kier alpha value is -2.70. The number of phenolic OH excluding ortho intramolecular Hbond substituents is 1. The molecular weight excluding hydrogens is 297 g/mol. The summed E-state index contributed by atoms with van der Waals surface area (Å²) in [6, 6.07) is 8.07. The van der Waals surface area contributed by atoms with Gasteiger partial charge >= 0.3 is 12.2 Å². The molecule has 0 bridgehead atoms. The fraction of sp³-hybridized carbons (Fsp3) is 0.133. The topological polar surface area (TPSA) is 61.4 Å². The lowest BCUT2D eigenvalue weighted by Gasteiger charge is -2.11. The minimum Gasteiger partial charge on any atom is -0.508 e. The molecule has 0 atom stereocenters. The number of alkyl halides is 3. The van der Waals surface area contributed by atoms with E-state index in [9.17, 15) is 23.1 Å². The largest absolute Gasteiger partial charge is 0.508 e. The van der Waals surface area contributed by atoms with Crippen LogP contribution in [0.25, 0.3) is 0 Å². The van der Waals surface area contributed by atoms with Crippen molar-refractivity contribution in [1.29, 1.82) is 0 Å². The molecule has 0 fully saturated rings. The van der Waals surface area contributed by atoms with E-state index in [4.69, 9.17) is 0 Å².